The minimum absolute atomic E-state index is 0.0972. The van der Waals surface area contributed by atoms with Crippen LogP contribution in [0.4, 0.5) is 0 Å². The Morgan fingerprint density at radius 2 is 2.17 bits per heavy atom. The zero-order valence-electron chi connectivity index (χ0n) is 14.4. The molecule has 7 heteroatoms. The van der Waals surface area contributed by atoms with E-state index in [1.165, 1.54) is 32.0 Å². The summed E-state index contributed by atoms with van der Waals surface area (Å²) in [4.78, 5) is 14.7. The van der Waals surface area contributed by atoms with Crippen LogP contribution in [-0.2, 0) is 10.0 Å². The third-order valence-electron chi connectivity index (χ3n) is 4.35. The molecule has 1 atom stereocenters. The van der Waals surface area contributed by atoms with Gasteiger partial charge in [-0.3, -0.25) is 4.79 Å². The van der Waals surface area contributed by atoms with E-state index in [4.69, 9.17) is 0 Å². The zero-order valence-corrected chi connectivity index (χ0v) is 15.2. The molecule has 1 fully saturated rings. The lowest BCUT2D eigenvalue weighted by molar-refractivity contribution is 0.0950. The number of benzene rings is 1. The van der Waals surface area contributed by atoms with Gasteiger partial charge in [0, 0.05) is 18.7 Å². The number of piperidine rings is 1. The minimum atomic E-state index is -3.54. The number of amides is 1. The van der Waals surface area contributed by atoms with E-state index in [2.05, 4.69) is 21.9 Å². The molecule has 1 aliphatic heterocycles. The fourth-order valence-electron chi connectivity index (χ4n) is 3.02. The first kappa shape index (κ1) is 18.9. The molecule has 0 saturated carbocycles. The minimum Gasteiger partial charge on any atom is -0.352 e. The molecule has 0 spiro atoms. The van der Waals surface area contributed by atoms with Crippen LogP contribution in [0.5, 0.6) is 0 Å². The van der Waals surface area contributed by atoms with Crippen molar-refractivity contribution < 1.29 is 13.2 Å². The first-order valence-corrected chi connectivity index (χ1v) is 9.95. The summed E-state index contributed by atoms with van der Waals surface area (Å²) in [7, 11) is -2.19. The summed E-state index contributed by atoms with van der Waals surface area (Å²) in [6.45, 7) is 6.13. The molecule has 1 heterocycles. The van der Waals surface area contributed by atoms with Crippen molar-refractivity contribution in [1.82, 2.24) is 14.9 Å². The molecule has 0 radical (unpaired) electrons. The van der Waals surface area contributed by atoms with E-state index >= 15 is 0 Å². The van der Waals surface area contributed by atoms with Gasteiger partial charge >= 0.3 is 0 Å². The van der Waals surface area contributed by atoms with E-state index in [1.54, 1.807) is 12.1 Å². The van der Waals surface area contributed by atoms with Crippen LogP contribution in [0.15, 0.2) is 29.2 Å². The van der Waals surface area contributed by atoms with E-state index in [0.29, 0.717) is 12.1 Å². The van der Waals surface area contributed by atoms with Gasteiger partial charge in [-0.05, 0) is 63.5 Å². The standard InChI is InChI=1S/C17H27N3O3S/c1-14-6-4-10-20(13-14)11-5-9-19-17(21)15-7-3-8-16(12-15)24(22,23)18-2/h3,7-8,12,14,18H,4-6,9-11,13H2,1-2H3,(H,19,21)/t14-/m0/s1. The summed E-state index contributed by atoms with van der Waals surface area (Å²) >= 11 is 0. The Kier molecular flexibility index (Phi) is 6.77. The topological polar surface area (TPSA) is 78.5 Å². The molecule has 2 N–H and O–H groups in total. The smallest absolute Gasteiger partial charge is 0.251 e. The SMILES string of the molecule is CNS(=O)(=O)c1cccc(C(=O)NCCCN2CCC[C@H](C)C2)c1. The van der Waals surface area contributed by atoms with E-state index < -0.39 is 10.0 Å². The lowest BCUT2D eigenvalue weighted by Crippen LogP contribution is -2.36. The second-order valence-electron chi connectivity index (χ2n) is 6.39. The summed E-state index contributed by atoms with van der Waals surface area (Å²) < 4.78 is 25.8. The fraction of sp³-hybridized carbons (Fsp3) is 0.588. The average Bonchev–Trinajstić information content (AvgIpc) is 2.58. The number of hydrogen-bond acceptors (Lipinski definition) is 4. The molecule has 0 unspecified atom stereocenters. The summed E-state index contributed by atoms with van der Waals surface area (Å²) in [6, 6.07) is 6.07. The van der Waals surface area contributed by atoms with Crippen molar-refractivity contribution >= 4 is 15.9 Å². The molecule has 2 rings (SSSR count). The highest BCUT2D eigenvalue weighted by atomic mass is 32.2. The number of carbonyl (C=O) groups excluding carboxylic acids is 1. The number of carbonyl (C=O) groups is 1. The van der Waals surface area contributed by atoms with Gasteiger partial charge in [0.25, 0.3) is 5.91 Å². The van der Waals surface area contributed by atoms with Crippen molar-refractivity contribution in [3.63, 3.8) is 0 Å². The zero-order chi connectivity index (χ0) is 17.6. The van der Waals surface area contributed by atoms with Gasteiger partial charge in [0.2, 0.25) is 10.0 Å². The van der Waals surface area contributed by atoms with Crippen molar-refractivity contribution in [3.8, 4) is 0 Å². The predicted molar refractivity (Wildman–Crippen MR) is 94.5 cm³/mol. The van der Waals surface area contributed by atoms with Crippen LogP contribution >= 0.6 is 0 Å². The maximum absolute atomic E-state index is 12.2. The first-order valence-electron chi connectivity index (χ1n) is 8.46. The number of nitrogens with one attached hydrogen (secondary N) is 2. The summed E-state index contributed by atoms with van der Waals surface area (Å²) in [5.41, 5.74) is 0.359. The van der Waals surface area contributed by atoms with Crippen LogP contribution in [-0.4, -0.2) is 52.5 Å². The highest BCUT2D eigenvalue weighted by molar-refractivity contribution is 7.89. The number of hydrogen-bond donors (Lipinski definition) is 2. The second-order valence-corrected chi connectivity index (χ2v) is 8.28. The first-order chi connectivity index (χ1) is 11.4. The maximum Gasteiger partial charge on any atom is 0.251 e. The Balaban J connectivity index is 1.81. The summed E-state index contributed by atoms with van der Waals surface area (Å²) in [5, 5.41) is 2.87. The molecule has 24 heavy (non-hydrogen) atoms. The van der Waals surface area contributed by atoms with Crippen molar-refractivity contribution in [2.24, 2.45) is 5.92 Å². The van der Waals surface area contributed by atoms with Gasteiger partial charge in [0.05, 0.1) is 4.90 Å². The van der Waals surface area contributed by atoms with Crippen LogP contribution in [0.2, 0.25) is 0 Å². The predicted octanol–water partition coefficient (Wildman–Crippen LogP) is 1.45. The van der Waals surface area contributed by atoms with Crippen molar-refractivity contribution in [2.45, 2.75) is 31.1 Å². The molecule has 0 aromatic heterocycles. The van der Waals surface area contributed by atoms with Gasteiger partial charge in [-0.2, -0.15) is 0 Å². The molecule has 0 bridgehead atoms. The molecular weight excluding hydrogens is 326 g/mol. The molecule has 6 nitrogen and oxygen atoms in total. The third-order valence-corrected chi connectivity index (χ3v) is 5.77. The Bertz CT molecular complexity index is 661. The summed E-state index contributed by atoms with van der Waals surface area (Å²) in [6.07, 6.45) is 3.45. The van der Waals surface area contributed by atoms with Gasteiger partial charge in [0.15, 0.2) is 0 Å². The van der Waals surface area contributed by atoms with Crippen molar-refractivity contribution in [3.05, 3.63) is 29.8 Å². The average molecular weight is 353 g/mol. The molecule has 134 valence electrons. The lowest BCUT2D eigenvalue weighted by atomic mass is 10.0. The van der Waals surface area contributed by atoms with Gasteiger partial charge in [0.1, 0.15) is 0 Å². The lowest BCUT2D eigenvalue weighted by Gasteiger charge is -2.30. The van der Waals surface area contributed by atoms with Gasteiger partial charge in [-0.15, -0.1) is 0 Å². The molecular formula is C17H27N3O3S. The van der Waals surface area contributed by atoms with Gasteiger partial charge in [-0.1, -0.05) is 13.0 Å². The van der Waals surface area contributed by atoms with E-state index in [9.17, 15) is 13.2 Å². The van der Waals surface area contributed by atoms with E-state index in [1.807, 2.05) is 0 Å². The van der Waals surface area contributed by atoms with E-state index in [-0.39, 0.29) is 10.8 Å². The number of nitrogens with zero attached hydrogens (tertiary/aromatic N) is 1. The van der Waals surface area contributed by atoms with Crippen LogP contribution < -0.4 is 10.0 Å². The highest BCUT2D eigenvalue weighted by Gasteiger charge is 2.16. The Labute approximate surface area is 144 Å². The quantitative estimate of drug-likeness (QED) is 0.727. The van der Waals surface area contributed by atoms with Gasteiger partial charge in [-0.25, -0.2) is 13.1 Å². The second kappa shape index (κ2) is 8.60. The molecule has 1 amide bonds. The molecule has 0 aliphatic carbocycles. The van der Waals surface area contributed by atoms with Crippen LogP contribution in [0.25, 0.3) is 0 Å². The van der Waals surface area contributed by atoms with Crippen LogP contribution in [0.1, 0.15) is 36.5 Å². The van der Waals surface area contributed by atoms with Crippen molar-refractivity contribution in [1.29, 1.82) is 0 Å². The maximum atomic E-state index is 12.2. The molecule has 1 aromatic carbocycles. The van der Waals surface area contributed by atoms with Gasteiger partial charge < -0.3 is 10.2 Å². The molecule has 1 saturated heterocycles. The Morgan fingerprint density at radius 3 is 2.88 bits per heavy atom. The summed E-state index contributed by atoms with van der Waals surface area (Å²) in [5.74, 6) is 0.514. The van der Waals surface area contributed by atoms with E-state index in [0.717, 1.165) is 32.0 Å². The number of likely N-dealkylation sites (tertiary alicyclic amines) is 1. The Morgan fingerprint density at radius 1 is 1.38 bits per heavy atom. The third kappa shape index (κ3) is 5.29. The number of rotatable bonds is 7. The Hall–Kier alpha value is -1.44. The molecule has 1 aliphatic rings. The largest absolute Gasteiger partial charge is 0.352 e. The van der Waals surface area contributed by atoms with Crippen LogP contribution in [0.3, 0.4) is 0 Å². The normalized spacial score (nSPS) is 19.2. The molecule has 1 aromatic rings. The van der Waals surface area contributed by atoms with Crippen molar-refractivity contribution in [2.75, 3.05) is 33.2 Å². The van der Waals surface area contributed by atoms with Crippen LogP contribution in [0, 0.1) is 5.92 Å². The monoisotopic (exact) mass is 353 g/mol. The number of sulfonamides is 1. The fourth-order valence-corrected chi connectivity index (χ4v) is 3.79. The highest BCUT2D eigenvalue weighted by Crippen LogP contribution is 2.15.